The van der Waals surface area contributed by atoms with Gasteiger partial charge in [0.1, 0.15) is 0 Å². The van der Waals surface area contributed by atoms with Crippen molar-refractivity contribution in [2.24, 2.45) is 0 Å². The van der Waals surface area contributed by atoms with Crippen LogP contribution in [0.3, 0.4) is 0 Å². The molecule has 0 saturated carbocycles. The molecular formula is C9H8F6O4. The summed E-state index contributed by atoms with van der Waals surface area (Å²) in [7, 11) is 0. The van der Waals surface area contributed by atoms with Crippen LogP contribution in [-0.4, -0.2) is 37.0 Å². The fraction of sp³-hybridized carbons (Fsp3) is 0.556. The van der Waals surface area contributed by atoms with Gasteiger partial charge in [-0.05, 0) is 6.92 Å². The number of halogens is 6. The molecule has 0 aromatic heterocycles. The van der Waals surface area contributed by atoms with Gasteiger partial charge in [0, 0.05) is 5.57 Å². The summed E-state index contributed by atoms with van der Waals surface area (Å²) in [5.74, 6) is -3.12. The molecule has 0 radical (unpaired) electrons. The molecule has 0 fully saturated rings. The minimum Gasteiger partial charge on any atom is -0.450 e. The first-order valence-electron chi connectivity index (χ1n) is 4.51. The van der Waals surface area contributed by atoms with Crippen LogP contribution in [0.4, 0.5) is 26.3 Å². The van der Waals surface area contributed by atoms with Crippen molar-refractivity contribution < 1.29 is 45.4 Å². The van der Waals surface area contributed by atoms with E-state index < -0.39 is 37.0 Å². The molecule has 0 rings (SSSR count). The van der Waals surface area contributed by atoms with E-state index in [1.165, 1.54) is 6.92 Å². The zero-order chi connectivity index (χ0) is 15.4. The quantitative estimate of drug-likeness (QED) is 0.453. The van der Waals surface area contributed by atoms with Crippen LogP contribution in [0.1, 0.15) is 6.92 Å². The lowest BCUT2D eigenvalue weighted by molar-refractivity contribution is -0.313. The number of ether oxygens (including phenoxy) is 2. The second kappa shape index (κ2) is 5.93. The highest BCUT2D eigenvalue weighted by Gasteiger charge is 2.59. The summed E-state index contributed by atoms with van der Waals surface area (Å²) in [5.41, 5.74) is -0.184. The third-order valence-corrected chi connectivity index (χ3v) is 1.51. The van der Waals surface area contributed by atoms with Crippen LogP contribution in [0.15, 0.2) is 12.2 Å². The van der Waals surface area contributed by atoms with Crippen molar-refractivity contribution in [2.75, 3.05) is 6.61 Å². The normalized spacial score (nSPS) is 12.2. The summed E-state index contributed by atoms with van der Waals surface area (Å²) >= 11 is 0. The average Bonchev–Trinajstić information content (AvgIpc) is 2.18. The smallest absolute Gasteiger partial charge is 0.434 e. The minimum absolute atomic E-state index is 0.184. The zero-order valence-corrected chi connectivity index (χ0v) is 9.39. The van der Waals surface area contributed by atoms with Gasteiger partial charge in [0.15, 0.2) is 6.61 Å². The molecule has 0 bridgehead atoms. The third-order valence-electron chi connectivity index (χ3n) is 1.51. The zero-order valence-electron chi connectivity index (χ0n) is 9.39. The van der Waals surface area contributed by atoms with Gasteiger partial charge in [-0.3, -0.25) is 0 Å². The molecule has 0 spiro atoms. The van der Waals surface area contributed by atoms with E-state index in [2.05, 4.69) is 16.1 Å². The predicted molar refractivity (Wildman–Crippen MR) is 47.8 cm³/mol. The molecule has 4 nitrogen and oxygen atoms in total. The molecule has 0 aliphatic carbocycles. The Kier molecular flexibility index (Phi) is 5.39. The van der Waals surface area contributed by atoms with Crippen LogP contribution in [0.5, 0.6) is 0 Å². The Morgan fingerprint density at radius 1 is 1.11 bits per heavy atom. The molecule has 0 amide bonds. The summed E-state index contributed by atoms with van der Waals surface area (Å²) in [4.78, 5) is 21.5. The maximum atomic E-state index is 12.0. The monoisotopic (exact) mass is 294 g/mol. The molecule has 19 heavy (non-hydrogen) atoms. The Hall–Kier alpha value is -1.74. The maximum Gasteiger partial charge on any atom is 0.434 e. The Balaban J connectivity index is 4.59. The number of hydrogen-bond acceptors (Lipinski definition) is 4. The van der Waals surface area contributed by atoms with E-state index in [1.54, 1.807) is 0 Å². The average molecular weight is 294 g/mol. The van der Waals surface area contributed by atoms with Crippen LogP contribution in [-0.2, 0) is 19.1 Å². The van der Waals surface area contributed by atoms with Crippen molar-refractivity contribution in [3.8, 4) is 0 Å². The Bertz CT molecular complexity index is 356. The highest BCUT2D eigenvalue weighted by Crippen LogP contribution is 2.35. The Labute approximate surface area is 103 Å². The minimum atomic E-state index is -5.81. The highest BCUT2D eigenvalue weighted by atomic mass is 19.4. The number of carbonyl (C=O) groups is 2. The molecule has 0 aliphatic rings. The van der Waals surface area contributed by atoms with Crippen LogP contribution in [0, 0.1) is 0 Å². The fourth-order valence-electron chi connectivity index (χ4n) is 0.732. The van der Waals surface area contributed by atoms with E-state index in [0.717, 1.165) is 0 Å². The van der Waals surface area contributed by atoms with Gasteiger partial charge in [-0.15, -0.1) is 0 Å². The molecule has 0 heterocycles. The summed E-state index contributed by atoms with van der Waals surface area (Å²) < 4.78 is 79.2. The summed E-state index contributed by atoms with van der Waals surface area (Å²) in [6.07, 6.45) is -15.9. The van der Waals surface area contributed by atoms with Crippen LogP contribution >= 0.6 is 0 Å². The molecule has 0 atom stereocenters. The van der Waals surface area contributed by atoms with E-state index >= 15 is 0 Å². The van der Waals surface area contributed by atoms with Gasteiger partial charge >= 0.3 is 24.3 Å². The van der Waals surface area contributed by atoms with E-state index in [1.807, 2.05) is 0 Å². The van der Waals surface area contributed by atoms with Gasteiger partial charge in [0.25, 0.3) is 6.10 Å². The lowest BCUT2D eigenvalue weighted by Crippen LogP contribution is -2.46. The van der Waals surface area contributed by atoms with Crippen molar-refractivity contribution in [3.63, 3.8) is 0 Å². The highest BCUT2D eigenvalue weighted by molar-refractivity contribution is 5.88. The van der Waals surface area contributed by atoms with Crippen LogP contribution in [0.25, 0.3) is 0 Å². The van der Waals surface area contributed by atoms with E-state index in [0.29, 0.717) is 0 Å². The molecule has 0 unspecified atom stereocenters. The molecule has 10 heteroatoms. The largest absolute Gasteiger partial charge is 0.450 e. The van der Waals surface area contributed by atoms with E-state index in [4.69, 9.17) is 0 Å². The van der Waals surface area contributed by atoms with Crippen molar-refractivity contribution in [3.05, 3.63) is 12.2 Å². The van der Waals surface area contributed by atoms with E-state index in [-0.39, 0.29) is 5.57 Å². The summed E-state index contributed by atoms with van der Waals surface area (Å²) in [6.45, 7) is 2.87. The number of alkyl halides is 6. The first-order valence-corrected chi connectivity index (χ1v) is 4.51. The number of hydrogen-bond donors (Lipinski definition) is 0. The van der Waals surface area contributed by atoms with Crippen LogP contribution in [0.2, 0.25) is 0 Å². The molecule has 0 aliphatic heterocycles. The Morgan fingerprint density at radius 2 is 1.53 bits per heavy atom. The van der Waals surface area contributed by atoms with E-state index in [9.17, 15) is 35.9 Å². The first kappa shape index (κ1) is 17.3. The van der Waals surface area contributed by atoms with Gasteiger partial charge in [0.05, 0.1) is 0 Å². The second-order valence-corrected chi connectivity index (χ2v) is 3.31. The predicted octanol–water partition coefficient (Wildman–Crippen LogP) is 2.14. The van der Waals surface area contributed by atoms with Crippen LogP contribution < -0.4 is 0 Å². The van der Waals surface area contributed by atoms with Crippen molar-refractivity contribution >= 4 is 11.9 Å². The van der Waals surface area contributed by atoms with Gasteiger partial charge in [-0.25, -0.2) is 9.59 Å². The molecule has 0 N–H and O–H groups in total. The molecule has 0 saturated heterocycles. The van der Waals surface area contributed by atoms with Gasteiger partial charge in [-0.1, -0.05) is 6.58 Å². The summed E-state index contributed by atoms with van der Waals surface area (Å²) in [6, 6.07) is 0. The maximum absolute atomic E-state index is 12.0. The summed E-state index contributed by atoms with van der Waals surface area (Å²) in [5, 5.41) is 0. The molecule has 110 valence electrons. The van der Waals surface area contributed by atoms with Crippen molar-refractivity contribution in [2.45, 2.75) is 25.4 Å². The van der Waals surface area contributed by atoms with Gasteiger partial charge < -0.3 is 9.47 Å². The lowest BCUT2D eigenvalue weighted by atomic mass is 10.3. The number of rotatable bonds is 4. The molecule has 0 aromatic rings. The standard InChI is InChI=1S/C9H8F6O4/c1-4(2)6(17)18-3-5(16)19-7(8(10,11)12)9(13,14)15/h7H,1,3H2,2H3. The lowest BCUT2D eigenvalue weighted by Gasteiger charge is -2.22. The fourth-order valence-corrected chi connectivity index (χ4v) is 0.732. The molecular weight excluding hydrogens is 286 g/mol. The Morgan fingerprint density at radius 3 is 1.84 bits per heavy atom. The topological polar surface area (TPSA) is 52.6 Å². The van der Waals surface area contributed by atoms with Gasteiger partial charge in [0.2, 0.25) is 0 Å². The SMILES string of the molecule is C=C(C)C(=O)OCC(=O)OC(C(F)(F)F)C(F)(F)F. The number of esters is 2. The number of carbonyl (C=O) groups excluding carboxylic acids is 2. The van der Waals surface area contributed by atoms with Crippen molar-refractivity contribution in [1.29, 1.82) is 0 Å². The van der Waals surface area contributed by atoms with Gasteiger partial charge in [-0.2, -0.15) is 26.3 Å². The first-order chi connectivity index (χ1) is 8.35. The second-order valence-electron chi connectivity index (χ2n) is 3.31. The third kappa shape index (κ3) is 6.11. The van der Waals surface area contributed by atoms with Crippen molar-refractivity contribution in [1.82, 2.24) is 0 Å². The molecule has 0 aromatic carbocycles.